The minimum atomic E-state index is 0.269. The van der Waals surface area contributed by atoms with Gasteiger partial charge in [-0.3, -0.25) is 0 Å². The van der Waals surface area contributed by atoms with Crippen LogP contribution in [-0.4, -0.2) is 21.1 Å². The van der Waals surface area contributed by atoms with E-state index < -0.39 is 0 Å². The third-order valence-electron chi connectivity index (χ3n) is 3.79. The van der Waals surface area contributed by atoms with Gasteiger partial charge in [-0.1, -0.05) is 0 Å². The van der Waals surface area contributed by atoms with Crippen LogP contribution in [0.25, 0.3) is 5.65 Å². The predicted molar refractivity (Wildman–Crippen MR) is 86.9 cm³/mol. The summed E-state index contributed by atoms with van der Waals surface area (Å²) in [6, 6.07) is 4.46. The van der Waals surface area contributed by atoms with Gasteiger partial charge >= 0.3 is 0 Å². The molecule has 0 saturated heterocycles. The highest BCUT2D eigenvalue weighted by Crippen LogP contribution is 2.18. The van der Waals surface area contributed by atoms with Gasteiger partial charge in [0, 0.05) is 29.6 Å². The first-order chi connectivity index (χ1) is 10.1. The number of thiophene rings is 1. The molecule has 110 valence electrons. The van der Waals surface area contributed by atoms with E-state index in [4.69, 9.17) is 0 Å². The number of rotatable bonds is 5. The maximum Gasteiger partial charge on any atom is 0.155 e. The van der Waals surface area contributed by atoms with E-state index in [1.807, 2.05) is 23.7 Å². The molecule has 1 atom stereocenters. The van der Waals surface area contributed by atoms with Crippen molar-refractivity contribution in [1.29, 1.82) is 0 Å². The van der Waals surface area contributed by atoms with E-state index in [1.165, 1.54) is 11.1 Å². The molecule has 4 nitrogen and oxygen atoms in total. The fourth-order valence-electron chi connectivity index (χ4n) is 2.58. The summed E-state index contributed by atoms with van der Waals surface area (Å²) in [4.78, 5) is 4.50. The van der Waals surface area contributed by atoms with Gasteiger partial charge in [-0.05, 0) is 56.1 Å². The first-order valence-corrected chi connectivity index (χ1v) is 8.16. The van der Waals surface area contributed by atoms with Crippen LogP contribution in [0, 0.1) is 13.8 Å². The number of aromatic nitrogens is 3. The van der Waals surface area contributed by atoms with Gasteiger partial charge in [0.2, 0.25) is 0 Å². The number of hydrogen-bond donors (Lipinski definition) is 1. The molecule has 3 aromatic heterocycles. The average molecular weight is 300 g/mol. The van der Waals surface area contributed by atoms with Crippen molar-refractivity contribution in [3.8, 4) is 0 Å². The van der Waals surface area contributed by atoms with E-state index in [-0.39, 0.29) is 6.04 Å². The molecule has 5 heteroatoms. The van der Waals surface area contributed by atoms with Crippen molar-refractivity contribution >= 4 is 17.0 Å². The summed E-state index contributed by atoms with van der Waals surface area (Å²) in [7, 11) is 0. The summed E-state index contributed by atoms with van der Waals surface area (Å²) in [5, 5.41) is 12.4. The Morgan fingerprint density at radius 2 is 2.24 bits per heavy atom. The van der Waals surface area contributed by atoms with E-state index in [1.54, 1.807) is 11.3 Å². The molecule has 0 aliphatic carbocycles. The van der Waals surface area contributed by atoms with Crippen molar-refractivity contribution in [1.82, 2.24) is 19.9 Å². The highest BCUT2D eigenvalue weighted by atomic mass is 32.1. The second kappa shape index (κ2) is 5.95. The van der Waals surface area contributed by atoms with Crippen LogP contribution in [-0.2, 0) is 6.42 Å². The van der Waals surface area contributed by atoms with Crippen LogP contribution in [0.4, 0.5) is 0 Å². The summed E-state index contributed by atoms with van der Waals surface area (Å²) in [5.41, 5.74) is 5.67. The molecule has 0 aliphatic rings. The Morgan fingerprint density at radius 3 is 3.00 bits per heavy atom. The van der Waals surface area contributed by atoms with Crippen molar-refractivity contribution in [2.45, 2.75) is 33.2 Å². The predicted octanol–water partition coefficient (Wildman–Crippen LogP) is 3.30. The second-order valence-corrected chi connectivity index (χ2v) is 6.19. The van der Waals surface area contributed by atoms with Crippen molar-refractivity contribution < 1.29 is 0 Å². The molecule has 0 bridgehead atoms. The van der Waals surface area contributed by atoms with Gasteiger partial charge in [0.05, 0.1) is 5.69 Å². The van der Waals surface area contributed by atoms with E-state index in [2.05, 4.69) is 46.1 Å². The van der Waals surface area contributed by atoms with E-state index >= 15 is 0 Å². The lowest BCUT2D eigenvalue weighted by molar-refractivity contribution is 0.567. The molecule has 1 unspecified atom stereocenters. The normalized spacial score (nSPS) is 12.9. The van der Waals surface area contributed by atoms with E-state index in [0.29, 0.717) is 0 Å². The van der Waals surface area contributed by atoms with Gasteiger partial charge in [0.15, 0.2) is 5.65 Å². The summed E-state index contributed by atoms with van der Waals surface area (Å²) in [5.74, 6) is 0. The molecular weight excluding hydrogens is 280 g/mol. The van der Waals surface area contributed by atoms with Crippen molar-refractivity contribution in [3.63, 3.8) is 0 Å². The largest absolute Gasteiger partial charge is 0.310 e. The molecular formula is C16H20N4S. The molecule has 21 heavy (non-hydrogen) atoms. The maximum absolute atomic E-state index is 4.50. The van der Waals surface area contributed by atoms with Crippen LogP contribution in [0.3, 0.4) is 0 Å². The third-order valence-corrected chi connectivity index (χ3v) is 4.53. The summed E-state index contributed by atoms with van der Waals surface area (Å²) in [6.45, 7) is 7.25. The lowest BCUT2D eigenvalue weighted by atomic mass is 10.1. The van der Waals surface area contributed by atoms with Crippen LogP contribution < -0.4 is 5.32 Å². The zero-order chi connectivity index (χ0) is 14.8. The number of nitrogens with zero attached hydrogens (tertiary/aromatic N) is 3. The van der Waals surface area contributed by atoms with Crippen molar-refractivity contribution in [3.05, 3.63) is 51.6 Å². The Balaban J connectivity index is 1.71. The zero-order valence-electron chi connectivity index (χ0n) is 12.6. The molecule has 0 aliphatic heterocycles. The van der Waals surface area contributed by atoms with E-state index in [9.17, 15) is 0 Å². The van der Waals surface area contributed by atoms with Crippen LogP contribution in [0.15, 0.2) is 29.1 Å². The highest BCUT2D eigenvalue weighted by molar-refractivity contribution is 7.07. The van der Waals surface area contributed by atoms with Crippen LogP contribution >= 0.6 is 11.3 Å². The molecule has 0 radical (unpaired) electrons. The minimum Gasteiger partial charge on any atom is -0.310 e. The maximum atomic E-state index is 4.50. The van der Waals surface area contributed by atoms with Gasteiger partial charge in [-0.2, -0.15) is 16.4 Å². The fourth-order valence-corrected chi connectivity index (χ4v) is 3.28. The average Bonchev–Trinajstić information content (AvgIpc) is 3.08. The molecule has 0 spiro atoms. The zero-order valence-corrected chi connectivity index (χ0v) is 13.4. The van der Waals surface area contributed by atoms with Crippen LogP contribution in [0.2, 0.25) is 0 Å². The topological polar surface area (TPSA) is 42.2 Å². The molecule has 3 aromatic rings. The van der Waals surface area contributed by atoms with Crippen LogP contribution in [0.5, 0.6) is 0 Å². The Bertz CT molecular complexity index is 730. The number of aryl methyl sites for hydroxylation is 2. The van der Waals surface area contributed by atoms with Gasteiger partial charge in [-0.15, -0.1) is 0 Å². The number of hydrogen-bond acceptors (Lipinski definition) is 4. The lowest BCUT2D eigenvalue weighted by Crippen LogP contribution is -2.23. The summed E-state index contributed by atoms with van der Waals surface area (Å²) in [6.07, 6.45) is 3.03. The smallest absolute Gasteiger partial charge is 0.155 e. The van der Waals surface area contributed by atoms with Gasteiger partial charge in [-0.25, -0.2) is 9.50 Å². The van der Waals surface area contributed by atoms with Crippen molar-refractivity contribution in [2.24, 2.45) is 0 Å². The molecule has 0 amide bonds. The molecule has 0 saturated carbocycles. The molecule has 0 fully saturated rings. The SMILES string of the molecule is Cc1cc2ncc(C(C)NCCc3ccsc3)c(C)n2n1. The second-order valence-electron chi connectivity index (χ2n) is 5.41. The minimum absolute atomic E-state index is 0.269. The number of fused-ring (bicyclic) bond motifs is 1. The number of nitrogens with one attached hydrogen (secondary N) is 1. The summed E-state index contributed by atoms with van der Waals surface area (Å²) < 4.78 is 1.93. The lowest BCUT2D eigenvalue weighted by Gasteiger charge is -2.16. The first kappa shape index (κ1) is 14.2. The van der Waals surface area contributed by atoms with Crippen LogP contribution in [0.1, 0.15) is 35.5 Å². The van der Waals surface area contributed by atoms with Gasteiger partial charge in [0.25, 0.3) is 0 Å². The molecule has 1 N–H and O–H groups in total. The monoisotopic (exact) mass is 300 g/mol. The molecule has 3 heterocycles. The highest BCUT2D eigenvalue weighted by Gasteiger charge is 2.12. The summed E-state index contributed by atoms with van der Waals surface area (Å²) >= 11 is 1.75. The first-order valence-electron chi connectivity index (χ1n) is 7.21. The quantitative estimate of drug-likeness (QED) is 0.786. The Kier molecular flexibility index (Phi) is 4.03. The van der Waals surface area contributed by atoms with Gasteiger partial charge < -0.3 is 5.32 Å². The Morgan fingerprint density at radius 1 is 1.38 bits per heavy atom. The van der Waals surface area contributed by atoms with E-state index in [0.717, 1.165) is 30.0 Å². The molecule has 0 aromatic carbocycles. The standard InChI is InChI=1S/C16H20N4S/c1-11-8-16-18-9-15(13(3)20(16)19-11)12(2)17-6-4-14-5-7-21-10-14/h5,7-10,12,17H,4,6H2,1-3H3. The third kappa shape index (κ3) is 2.99. The van der Waals surface area contributed by atoms with Crippen molar-refractivity contribution in [2.75, 3.05) is 6.54 Å². The fraction of sp³-hybridized carbons (Fsp3) is 0.375. The molecule has 3 rings (SSSR count). The Labute approximate surface area is 128 Å². The van der Waals surface area contributed by atoms with Gasteiger partial charge in [0.1, 0.15) is 0 Å². The Hall–Kier alpha value is -1.72.